The molecule has 0 amide bonds. The van der Waals surface area contributed by atoms with E-state index in [0.717, 1.165) is 0 Å². The largest absolute Gasteiger partial charge is 0.493 e. The number of alkyl halides is 3. The summed E-state index contributed by atoms with van der Waals surface area (Å²) >= 11 is 0. The number of hydrogen-bond acceptors (Lipinski definition) is 5. The van der Waals surface area contributed by atoms with Gasteiger partial charge in [0.15, 0.2) is 17.3 Å². The Hall–Kier alpha value is -3.34. The molecule has 11 heteroatoms. The highest BCUT2D eigenvalue weighted by atomic mass is 32.2. The van der Waals surface area contributed by atoms with Gasteiger partial charge >= 0.3 is 6.18 Å². The summed E-state index contributed by atoms with van der Waals surface area (Å²) in [6.07, 6.45) is -2.11. The van der Waals surface area contributed by atoms with Crippen molar-refractivity contribution in [3.05, 3.63) is 78.4 Å². The lowest BCUT2D eigenvalue weighted by Crippen LogP contribution is -2.37. The van der Waals surface area contributed by atoms with Crippen molar-refractivity contribution < 1.29 is 35.5 Å². The van der Waals surface area contributed by atoms with Gasteiger partial charge in [-0.3, -0.25) is 9.29 Å². The van der Waals surface area contributed by atoms with Gasteiger partial charge in [-0.05, 0) is 54.1 Å². The first kappa shape index (κ1) is 23.3. The van der Waals surface area contributed by atoms with Crippen LogP contribution in [0.3, 0.4) is 0 Å². The van der Waals surface area contributed by atoms with Crippen LogP contribution in [0.15, 0.2) is 67.0 Å². The number of methoxy groups -OCH3 is 1. The Morgan fingerprint density at radius 2 is 1.66 bits per heavy atom. The van der Waals surface area contributed by atoms with Crippen molar-refractivity contribution in [1.82, 2.24) is 4.98 Å². The molecule has 0 N–H and O–H groups in total. The molecule has 0 spiro atoms. The molecular weight excluding hydrogens is 452 g/mol. The van der Waals surface area contributed by atoms with Crippen LogP contribution in [0.25, 0.3) is 0 Å². The van der Waals surface area contributed by atoms with Crippen LogP contribution in [0.4, 0.5) is 23.2 Å². The third kappa shape index (κ3) is 5.88. The minimum atomic E-state index is -4.92. The van der Waals surface area contributed by atoms with E-state index in [-0.39, 0.29) is 29.5 Å². The van der Waals surface area contributed by atoms with Crippen molar-refractivity contribution in [2.75, 3.05) is 17.2 Å². The molecule has 0 aliphatic rings. The van der Waals surface area contributed by atoms with Gasteiger partial charge in [-0.25, -0.2) is 12.8 Å². The number of sulfonamides is 1. The van der Waals surface area contributed by atoms with Gasteiger partial charge in [-0.2, -0.15) is 13.2 Å². The van der Waals surface area contributed by atoms with E-state index in [2.05, 4.69) is 4.98 Å². The first-order valence-electron chi connectivity index (χ1n) is 9.15. The van der Waals surface area contributed by atoms with Gasteiger partial charge < -0.3 is 9.47 Å². The topological polar surface area (TPSA) is 68.7 Å². The Bertz CT molecular complexity index is 1150. The standard InChI is InChI=1S/C21H18F4N2O4S/c1-30-19-4-2-3-18(22)20(19)31-17-7-5-16(6-8-17)27(13-15-9-11-26-12-10-15)32(28,29)14-21(23,24)25/h2-12H,13-14H2,1H3. The predicted molar refractivity (Wildman–Crippen MR) is 110 cm³/mol. The van der Waals surface area contributed by atoms with Crippen LogP contribution in [-0.4, -0.2) is 32.4 Å². The first-order valence-corrected chi connectivity index (χ1v) is 10.8. The molecule has 32 heavy (non-hydrogen) atoms. The normalized spacial score (nSPS) is 11.8. The van der Waals surface area contributed by atoms with Crippen LogP contribution in [0.5, 0.6) is 17.2 Å². The Morgan fingerprint density at radius 1 is 1.00 bits per heavy atom. The number of anilines is 1. The maximum absolute atomic E-state index is 14.1. The number of rotatable bonds is 8. The molecule has 2 aromatic carbocycles. The van der Waals surface area contributed by atoms with Gasteiger partial charge in [0.05, 0.1) is 19.3 Å². The molecule has 0 unspecified atom stereocenters. The Kier molecular flexibility index (Phi) is 6.87. The van der Waals surface area contributed by atoms with E-state index in [4.69, 9.17) is 9.47 Å². The average Bonchev–Trinajstić information content (AvgIpc) is 2.73. The second kappa shape index (κ2) is 9.43. The molecule has 0 radical (unpaired) electrons. The Morgan fingerprint density at radius 3 is 2.25 bits per heavy atom. The summed E-state index contributed by atoms with van der Waals surface area (Å²) in [6.45, 7) is -0.331. The maximum atomic E-state index is 14.1. The lowest BCUT2D eigenvalue weighted by molar-refractivity contribution is -0.106. The van der Waals surface area contributed by atoms with Gasteiger partial charge in [0, 0.05) is 12.4 Å². The summed E-state index contributed by atoms with van der Waals surface area (Å²) in [4.78, 5) is 3.81. The number of nitrogens with zero attached hydrogens (tertiary/aromatic N) is 2. The number of hydrogen-bond donors (Lipinski definition) is 0. The number of aromatic nitrogens is 1. The van der Waals surface area contributed by atoms with E-state index in [1.54, 1.807) is 0 Å². The molecule has 3 aromatic rings. The fourth-order valence-electron chi connectivity index (χ4n) is 2.84. The van der Waals surface area contributed by atoms with Crippen LogP contribution in [0.2, 0.25) is 0 Å². The zero-order chi connectivity index (χ0) is 23.4. The Balaban J connectivity index is 1.92. The second-order valence-electron chi connectivity index (χ2n) is 6.60. The number of ether oxygens (including phenoxy) is 2. The highest BCUT2D eigenvalue weighted by molar-refractivity contribution is 7.92. The van der Waals surface area contributed by atoms with E-state index in [1.807, 2.05) is 0 Å². The first-order chi connectivity index (χ1) is 15.1. The predicted octanol–water partition coefficient (Wildman–Crippen LogP) is 4.92. The molecule has 1 aromatic heterocycles. The average molecular weight is 470 g/mol. The Labute approximate surface area is 182 Å². The molecular formula is C21H18F4N2O4S. The molecule has 0 atom stereocenters. The summed E-state index contributed by atoms with van der Waals surface area (Å²) in [5, 5.41) is 0. The zero-order valence-corrected chi connectivity index (χ0v) is 17.5. The summed E-state index contributed by atoms with van der Waals surface area (Å²) in [7, 11) is -3.41. The van der Waals surface area contributed by atoms with E-state index < -0.39 is 27.8 Å². The highest BCUT2D eigenvalue weighted by Crippen LogP contribution is 2.35. The quantitative estimate of drug-likeness (QED) is 0.437. The van der Waals surface area contributed by atoms with Crippen molar-refractivity contribution in [3.8, 4) is 17.2 Å². The van der Waals surface area contributed by atoms with E-state index in [1.165, 1.54) is 74.1 Å². The molecule has 1 heterocycles. The molecule has 3 rings (SSSR count). The number of halogens is 4. The summed E-state index contributed by atoms with van der Waals surface area (Å²) < 4.78 is 89.1. The van der Waals surface area contributed by atoms with Crippen LogP contribution in [0.1, 0.15) is 5.56 Å². The van der Waals surface area contributed by atoms with Gasteiger partial charge in [0.1, 0.15) is 5.75 Å². The van der Waals surface area contributed by atoms with Gasteiger partial charge in [0.25, 0.3) is 0 Å². The summed E-state index contributed by atoms with van der Waals surface area (Å²) in [6, 6.07) is 12.3. The van der Waals surface area contributed by atoms with Crippen molar-refractivity contribution in [3.63, 3.8) is 0 Å². The lowest BCUT2D eigenvalue weighted by Gasteiger charge is -2.25. The molecule has 0 aliphatic heterocycles. The van der Waals surface area contributed by atoms with Gasteiger partial charge in [0.2, 0.25) is 15.8 Å². The van der Waals surface area contributed by atoms with Crippen LogP contribution < -0.4 is 13.8 Å². The highest BCUT2D eigenvalue weighted by Gasteiger charge is 2.38. The van der Waals surface area contributed by atoms with Crippen LogP contribution in [0, 0.1) is 5.82 Å². The summed E-state index contributed by atoms with van der Waals surface area (Å²) in [5.74, 6) is -2.60. The van der Waals surface area contributed by atoms with E-state index in [0.29, 0.717) is 9.87 Å². The molecule has 0 bridgehead atoms. The second-order valence-corrected chi connectivity index (χ2v) is 8.49. The minimum absolute atomic E-state index is 0.0149. The van der Waals surface area contributed by atoms with Crippen molar-refractivity contribution in [2.24, 2.45) is 0 Å². The number of para-hydroxylation sites is 1. The molecule has 0 aliphatic carbocycles. The van der Waals surface area contributed by atoms with Crippen molar-refractivity contribution in [1.29, 1.82) is 0 Å². The fraction of sp³-hybridized carbons (Fsp3) is 0.190. The van der Waals surface area contributed by atoms with Crippen LogP contribution in [-0.2, 0) is 16.6 Å². The third-order valence-electron chi connectivity index (χ3n) is 4.25. The zero-order valence-electron chi connectivity index (χ0n) is 16.7. The van der Waals surface area contributed by atoms with Gasteiger partial charge in [-0.1, -0.05) is 6.07 Å². The fourth-order valence-corrected chi connectivity index (χ4v) is 4.19. The smallest absolute Gasteiger partial charge is 0.404 e. The minimum Gasteiger partial charge on any atom is -0.493 e. The van der Waals surface area contributed by atoms with Crippen molar-refractivity contribution >= 4 is 15.7 Å². The summed E-state index contributed by atoms with van der Waals surface area (Å²) in [5.41, 5.74) is 0.432. The molecule has 0 saturated heterocycles. The van der Waals surface area contributed by atoms with Crippen molar-refractivity contribution in [2.45, 2.75) is 12.7 Å². The molecule has 0 saturated carbocycles. The number of benzene rings is 2. The number of pyridine rings is 1. The van der Waals surface area contributed by atoms with Crippen LogP contribution >= 0.6 is 0 Å². The van der Waals surface area contributed by atoms with E-state index >= 15 is 0 Å². The third-order valence-corrected chi connectivity index (χ3v) is 5.96. The molecule has 0 fully saturated rings. The van der Waals surface area contributed by atoms with E-state index in [9.17, 15) is 26.0 Å². The lowest BCUT2D eigenvalue weighted by atomic mass is 10.2. The molecule has 170 valence electrons. The SMILES string of the molecule is COc1cccc(F)c1Oc1ccc(N(Cc2ccncc2)S(=O)(=O)CC(F)(F)F)cc1. The monoisotopic (exact) mass is 470 g/mol. The van der Waals surface area contributed by atoms with Gasteiger partial charge in [-0.15, -0.1) is 0 Å². The maximum Gasteiger partial charge on any atom is 0.404 e. The molecule has 6 nitrogen and oxygen atoms in total.